The van der Waals surface area contributed by atoms with Crippen LogP contribution in [0.15, 0.2) is 6.33 Å². The highest BCUT2D eigenvalue weighted by Crippen LogP contribution is 2.25. The summed E-state index contributed by atoms with van der Waals surface area (Å²) in [5.74, 6) is 0.949. The van der Waals surface area contributed by atoms with E-state index in [-0.39, 0.29) is 0 Å². The monoisotopic (exact) mass is 227 g/mol. The lowest BCUT2D eigenvalue weighted by Gasteiger charge is -2.14. The number of anilines is 2. The second-order valence-electron chi connectivity index (χ2n) is 3.81. The van der Waals surface area contributed by atoms with E-state index in [4.69, 9.17) is 17.3 Å². The molecule has 5 nitrogen and oxygen atoms in total. The molecule has 1 aromatic heterocycles. The zero-order valence-electron chi connectivity index (χ0n) is 8.57. The number of rotatable bonds is 2. The van der Waals surface area contributed by atoms with Crippen LogP contribution in [0.2, 0.25) is 5.02 Å². The first-order valence-corrected chi connectivity index (χ1v) is 5.25. The zero-order valence-corrected chi connectivity index (χ0v) is 9.33. The van der Waals surface area contributed by atoms with Crippen LogP contribution < -0.4 is 11.1 Å². The van der Waals surface area contributed by atoms with Gasteiger partial charge < -0.3 is 16.0 Å². The third kappa shape index (κ3) is 2.30. The smallest absolute Gasteiger partial charge is 0.150 e. The maximum absolute atomic E-state index is 5.98. The van der Waals surface area contributed by atoms with Gasteiger partial charge in [0.25, 0.3) is 0 Å². The Morgan fingerprint density at radius 2 is 2.40 bits per heavy atom. The van der Waals surface area contributed by atoms with Gasteiger partial charge in [-0.1, -0.05) is 11.6 Å². The maximum atomic E-state index is 5.98. The predicted octanol–water partition coefficient (Wildman–Crippen LogP) is 0.828. The van der Waals surface area contributed by atoms with E-state index in [0.29, 0.717) is 22.7 Å². The molecule has 0 aromatic carbocycles. The minimum atomic E-state index is 0.320. The second-order valence-corrected chi connectivity index (χ2v) is 4.19. The summed E-state index contributed by atoms with van der Waals surface area (Å²) in [5, 5.41) is 3.68. The van der Waals surface area contributed by atoms with Gasteiger partial charge in [-0.2, -0.15) is 0 Å². The topological polar surface area (TPSA) is 67.1 Å². The summed E-state index contributed by atoms with van der Waals surface area (Å²) in [7, 11) is 2.09. The number of aromatic nitrogens is 2. The number of nitrogens with two attached hydrogens (primary N) is 1. The molecule has 15 heavy (non-hydrogen) atoms. The van der Waals surface area contributed by atoms with E-state index in [1.54, 1.807) is 0 Å². The molecule has 0 spiro atoms. The predicted molar refractivity (Wildman–Crippen MR) is 61.0 cm³/mol. The molecule has 0 bridgehead atoms. The Kier molecular flexibility index (Phi) is 2.93. The minimum Gasteiger partial charge on any atom is -0.382 e. The molecule has 0 saturated carbocycles. The fraction of sp³-hybridized carbons (Fsp3) is 0.556. The lowest BCUT2D eigenvalue weighted by atomic mass is 10.2. The molecule has 1 aromatic rings. The van der Waals surface area contributed by atoms with E-state index in [9.17, 15) is 0 Å². The summed E-state index contributed by atoms with van der Waals surface area (Å²) in [6, 6.07) is 0.391. The van der Waals surface area contributed by atoms with Crippen molar-refractivity contribution in [3.05, 3.63) is 11.3 Å². The molecular weight excluding hydrogens is 214 g/mol. The van der Waals surface area contributed by atoms with E-state index in [1.165, 1.54) is 6.33 Å². The third-order valence-electron chi connectivity index (χ3n) is 2.55. The summed E-state index contributed by atoms with van der Waals surface area (Å²) in [5.41, 5.74) is 5.59. The molecule has 0 aliphatic carbocycles. The minimum absolute atomic E-state index is 0.320. The van der Waals surface area contributed by atoms with Crippen molar-refractivity contribution < 1.29 is 0 Å². The van der Waals surface area contributed by atoms with E-state index >= 15 is 0 Å². The van der Waals surface area contributed by atoms with Crippen molar-refractivity contribution in [1.29, 1.82) is 0 Å². The van der Waals surface area contributed by atoms with E-state index in [0.717, 1.165) is 19.5 Å². The normalized spacial score (nSPS) is 21.9. The van der Waals surface area contributed by atoms with Crippen LogP contribution in [0.25, 0.3) is 0 Å². The van der Waals surface area contributed by atoms with Crippen LogP contribution in [0.3, 0.4) is 0 Å². The first kappa shape index (κ1) is 10.4. The maximum Gasteiger partial charge on any atom is 0.150 e. The van der Waals surface area contributed by atoms with Crippen molar-refractivity contribution in [2.75, 3.05) is 31.2 Å². The highest BCUT2D eigenvalue weighted by Gasteiger charge is 2.20. The fourth-order valence-corrected chi connectivity index (χ4v) is 1.88. The first-order chi connectivity index (χ1) is 7.16. The molecule has 82 valence electrons. The highest BCUT2D eigenvalue weighted by atomic mass is 35.5. The summed E-state index contributed by atoms with van der Waals surface area (Å²) < 4.78 is 0. The molecule has 1 atom stereocenters. The fourth-order valence-electron chi connectivity index (χ4n) is 1.73. The van der Waals surface area contributed by atoms with Crippen molar-refractivity contribution in [3.8, 4) is 0 Å². The van der Waals surface area contributed by atoms with Crippen molar-refractivity contribution in [1.82, 2.24) is 14.9 Å². The summed E-state index contributed by atoms with van der Waals surface area (Å²) in [6.45, 7) is 2.09. The molecular formula is C9H14ClN5. The average Bonchev–Trinajstić information content (AvgIpc) is 2.59. The molecule has 1 unspecified atom stereocenters. The Morgan fingerprint density at radius 1 is 1.60 bits per heavy atom. The van der Waals surface area contributed by atoms with Crippen molar-refractivity contribution in [2.45, 2.75) is 12.5 Å². The molecule has 2 heterocycles. The molecule has 1 aliphatic heterocycles. The molecule has 0 radical (unpaired) electrons. The van der Waals surface area contributed by atoms with Gasteiger partial charge in [-0.15, -0.1) is 0 Å². The number of halogens is 1. The number of nitrogen functional groups attached to an aromatic ring is 1. The molecule has 1 aliphatic rings. The summed E-state index contributed by atoms with van der Waals surface area (Å²) in [4.78, 5) is 10.1. The van der Waals surface area contributed by atoms with Gasteiger partial charge in [0.15, 0.2) is 5.82 Å². The van der Waals surface area contributed by atoms with Crippen LogP contribution in [0.4, 0.5) is 11.6 Å². The van der Waals surface area contributed by atoms with Crippen LogP contribution in [0, 0.1) is 0 Å². The van der Waals surface area contributed by atoms with E-state index in [1.807, 2.05) is 0 Å². The number of likely N-dealkylation sites (N-methyl/N-ethyl adjacent to an activating group) is 1. The zero-order chi connectivity index (χ0) is 10.8. The summed E-state index contributed by atoms with van der Waals surface area (Å²) in [6.07, 6.45) is 2.51. The second kappa shape index (κ2) is 4.20. The number of nitrogens with zero attached hydrogens (tertiary/aromatic N) is 3. The van der Waals surface area contributed by atoms with E-state index < -0.39 is 0 Å². The van der Waals surface area contributed by atoms with Gasteiger partial charge in [0.1, 0.15) is 17.2 Å². The lowest BCUT2D eigenvalue weighted by molar-refractivity contribution is 0.414. The van der Waals surface area contributed by atoms with Crippen LogP contribution >= 0.6 is 11.6 Å². The largest absolute Gasteiger partial charge is 0.382 e. The van der Waals surface area contributed by atoms with Crippen LogP contribution in [-0.4, -0.2) is 41.0 Å². The number of hydrogen-bond donors (Lipinski definition) is 2. The molecule has 2 rings (SSSR count). The third-order valence-corrected chi connectivity index (χ3v) is 2.92. The number of nitrogens with one attached hydrogen (secondary N) is 1. The van der Waals surface area contributed by atoms with Crippen molar-refractivity contribution >= 4 is 23.2 Å². The van der Waals surface area contributed by atoms with Gasteiger partial charge >= 0.3 is 0 Å². The van der Waals surface area contributed by atoms with Gasteiger partial charge in [0.2, 0.25) is 0 Å². The van der Waals surface area contributed by atoms with Gasteiger partial charge in [-0.05, 0) is 20.0 Å². The molecule has 3 N–H and O–H groups in total. The number of hydrogen-bond acceptors (Lipinski definition) is 5. The Bertz CT molecular complexity index is 356. The van der Waals surface area contributed by atoms with Gasteiger partial charge in [0.05, 0.1) is 0 Å². The molecule has 1 saturated heterocycles. The lowest BCUT2D eigenvalue weighted by Crippen LogP contribution is -2.24. The Morgan fingerprint density at radius 3 is 3.07 bits per heavy atom. The van der Waals surface area contributed by atoms with Gasteiger partial charge in [-0.25, -0.2) is 9.97 Å². The van der Waals surface area contributed by atoms with Gasteiger partial charge in [0, 0.05) is 12.6 Å². The summed E-state index contributed by atoms with van der Waals surface area (Å²) >= 11 is 5.98. The van der Waals surface area contributed by atoms with Gasteiger partial charge in [-0.3, -0.25) is 0 Å². The average molecular weight is 228 g/mol. The highest BCUT2D eigenvalue weighted by molar-refractivity contribution is 6.35. The number of likely N-dealkylation sites (tertiary alicyclic amines) is 1. The Hall–Kier alpha value is -1.07. The van der Waals surface area contributed by atoms with E-state index in [2.05, 4.69) is 27.2 Å². The molecule has 6 heteroatoms. The first-order valence-electron chi connectivity index (χ1n) is 4.88. The quantitative estimate of drug-likeness (QED) is 0.784. The SMILES string of the molecule is CN1CCC(Nc2ncnc(N)c2Cl)C1. The van der Waals surface area contributed by atoms with Crippen LogP contribution in [0.1, 0.15) is 6.42 Å². The van der Waals surface area contributed by atoms with Crippen LogP contribution in [0.5, 0.6) is 0 Å². The molecule has 1 fully saturated rings. The van der Waals surface area contributed by atoms with Crippen molar-refractivity contribution in [2.24, 2.45) is 0 Å². The van der Waals surface area contributed by atoms with Crippen LogP contribution in [-0.2, 0) is 0 Å². The standard InChI is InChI=1S/C9H14ClN5/c1-15-3-2-6(4-15)14-9-7(10)8(11)12-5-13-9/h5-6H,2-4H2,1H3,(H3,11,12,13,14). The van der Waals surface area contributed by atoms with Crippen molar-refractivity contribution in [3.63, 3.8) is 0 Å². The Labute approximate surface area is 93.6 Å². The Balaban J connectivity index is 2.07. The molecule has 0 amide bonds.